The summed E-state index contributed by atoms with van der Waals surface area (Å²) in [6.45, 7) is 0. The lowest BCUT2D eigenvalue weighted by Gasteiger charge is -2.22. The molecule has 0 aromatic carbocycles. The Balaban J connectivity index is 1.61. The summed E-state index contributed by atoms with van der Waals surface area (Å²) in [4.78, 5) is 0. The van der Waals surface area contributed by atoms with Gasteiger partial charge in [0, 0.05) is 5.41 Å². The van der Waals surface area contributed by atoms with Gasteiger partial charge in [0.1, 0.15) is 0 Å². The molecular formula is C19H30Br2. The molecule has 2 bridgehead atoms. The first kappa shape index (κ1) is 16.6. The van der Waals surface area contributed by atoms with Crippen LogP contribution in [-0.4, -0.2) is 3.23 Å². The van der Waals surface area contributed by atoms with Crippen LogP contribution in [0.1, 0.15) is 89.9 Å². The lowest BCUT2D eigenvalue weighted by Crippen LogP contribution is -2.11. The summed E-state index contributed by atoms with van der Waals surface area (Å²) in [5.74, 6) is 0.845. The Morgan fingerprint density at radius 2 is 1.38 bits per heavy atom. The van der Waals surface area contributed by atoms with Crippen molar-refractivity contribution in [2.24, 2.45) is 11.3 Å². The second-order valence-corrected chi connectivity index (χ2v) is 11.2. The van der Waals surface area contributed by atoms with Crippen molar-refractivity contribution in [1.82, 2.24) is 0 Å². The van der Waals surface area contributed by atoms with Gasteiger partial charge in [0.05, 0.1) is 3.23 Å². The first-order chi connectivity index (χ1) is 10.2. The first-order valence-electron chi connectivity index (χ1n) is 9.22. The highest BCUT2D eigenvalue weighted by atomic mass is 79.9. The Kier molecular flexibility index (Phi) is 5.58. The number of halogens is 2. The zero-order chi connectivity index (χ0) is 14.8. The molecule has 4 aliphatic rings. The summed E-state index contributed by atoms with van der Waals surface area (Å²) in [5, 5.41) is 0. The standard InChI is InChI=1S/C19H30Br2/c20-19(21)17-15-16-11-9-7-5-3-1-2-4-6-8-10-13-18(17,19)14-12-16/h12,17H,1-11,13-15H2/t17-,18+/m0/s1. The number of alkyl halides is 2. The summed E-state index contributed by atoms with van der Waals surface area (Å²) in [7, 11) is 0. The molecule has 2 fully saturated rings. The maximum absolute atomic E-state index is 4.02. The molecule has 0 saturated heterocycles. The SMILES string of the molecule is BrC1(Br)[C@H]2CC3=CC[C@]21CCCCCCCCCCCC3. The van der Waals surface area contributed by atoms with Gasteiger partial charge in [-0.1, -0.05) is 101 Å². The van der Waals surface area contributed by atoms with Crippen LogP contribution in [0.15, 0.2) is 11.6 Å². The van der Waals surface area contributed by atoms with Crippen LogP contribution in [0.5, 0.6) is 0 Å². The molecular weight excluding hydrogens is 388 g/mol. The van der Waals surface area contributed by atoms with Crippen molar-refractivity contribution in [1.29, 1.82) is 0 Å². The molecule has 4 aliphatic carbocycles. The summed E-state index contributed by atoms with van der Waals surface area (Å²) < 4.78 is 0.249. The van der Waals surface area contributed by atoms with Gasteiger partial charge in [-0.15, -0.1) is 0 Å². The van der Waals surface area contributed by atoms with Crippen molar-refractivity contribution in [3.05, 3.63) is 11.6 Å². The third-order valence-corrected chi connectivity index (χ3v) is 8.96. The lowest BCUT2D eigenvalue weighted by molar-refractivity contribution is 0.377. The highest BCUT2D eigenvalue weighted by Gasteiger charge is 2.73. The molecule has 1 spiro atoms. The quantitative estimate of drug-likeness (QED) is 0.282. The van der Waals surface area contributed by atoms with E-state index in [1.54, 1.807) is 5.57 Å². The Hall–Kier alpha value is 0.700. The molecule has 0 heterocycles. The van der Waals surface area contributed by atoms with E-state index in [0.717, 1.165) is 5.92 Å². The van der Waals surface area contributed by atoms with Crippen molar-refractivity contribution in [2.75, 3.05) is 0 Å². The average Bonchev–Trinajstić information content (AvgIpc) is 2.95. The molecule has 0 aromatic heterocycles. The molecule has 2 saturated carbocycles. The molecule has 21 heavy (non-hydrogen) atoms. The van der Waals surface area contributed by atoms with Gasteiger partial charge in [0.25, 0.3) is 0 Å². The molecule has 0 radical (unpaired) electrons. The fourth-order valence-corrected chi connectivity index (χ4v) is 6.96. The third kappa shape index (κ3) is 3.47. The monoisotopic (exact) mass is 416 g/mol. The highest BCUT2D eigenvalue weighted by Crippen LogP contribution is 2.78. The minimum Gasteiger partial charge on any atom is -0.0847 e. The highest BCUT2D eigenvalue weighted by molar-refractivity contribution is 9.25. The van der Waals surface area contributed by atoms with Gasteiger partial charge < -0.3 is 0 Å². The predicted molar refractivity (Wildman–Crippen MR) is 99.2 cm³/mol. The molecule has 0 unspecified atom stereocenters. The number of fused-ring (bicyclic) bond motifs is 12. The fraction of sp³-hybridized carbons (Fsp3) is 0.895. The number of hydrogen-bond donors (Lipinski definition) is 0. The number of allylic oxidation sites excluding steroid dienone is 2. The molecule has 0 N–H and O–H groups in total. The normalized spacial score (nSPS) is 37.6. The van der Waals surface area contributed by atoms with Crippen LogP contribution < -0.4 is 0 Å². The van der Waals surface area contributed by atoms with Crippen LogP contribution in [0, 0.1) is 11.3 Å². The van der Waals surface area contributed by atoms with E-state index in [4.69, 9.17) is 0 Å². The van der Waals surface area contributed by atoms with Crippen molar-refractivity contribution < 1.29 is 0 Å². The van der Waals surface area contributed by atoms with Crippen molar-refractivity contribution in [3.63, 3.8) is 0 Å². The maximum atomic E-state index is 4.02. The summed E-state index contributed by atoms with van der Waals surface area (Å²) >= 11 is 8.04. The summed E-state index contributed by atoms with van der Waals surface area (Å²) in [6, 6.07) is 0. The van der Waals surface area contributed by atoms with Crippen LogP contribution >= 0.6 is 31.9 Å². The van der Waals surface area contributed by atoms with E-state index in [9.17, 15) is 0 Å². The molecule has 0 aliphatic heterocycles. The van der Waals surface area contributed by atoms with Crippen LogP contribution in [0.2, 0.25) is 0 Å². The predicted octanol–water partition coefficient (Wildman–Crippen LogP) is 7.50. The van der Waals surface area contributed by atoms with Crippen molar-refractivity contribution in [2.45, 2.75) is 93.1 Å². The first-order valence-corrected chi connectivity index (χ1v) is 10.8. The lowest BCUT2D eigenvalue weighted by atomic mass is 9.83. The maximum Gasteiger partial charge on any atom is 0.0905 e. The molecule has 120 valence electrons. The molecule has 4 rings (SSSR count). The van der Waals surface area contributed by atoms with E-state index < -0.39 is 0 Å². The minimum atomic E-state index is 0.249. The van der Waals surface area contributed by atoms with Gasteiger partial charge in [0.2, 0.25) is 0 Å². The molecule has 0 nitrogen and oxygen atoms in total. The zero-order valence-electron chi connectivity index (χ0n) is 13.3. The Labute approximate surface area is 147 Å². The van der Waals surface area contributed by atoms with Crippen molar-refractivity contribution >= 4 is 31.9 Å². The molecule has 0 aromatic rings. The zero-order valence-corrected chi connectivity index (χ0v) is 16.5. The van der Waals surface area contributed by atoms with E-state index in [1.807, 2.05) is 0 Å². The van der Waals surface area contributed by atoms with Crippen LogP contribution in [0.4, 0.5) is 0 Å². The number of rotatable bonds is 0. The summed E-state index contributed by atoms with van der Waals surface area (Å²) in [5.41, 5.74) is 2.29. The van der Waals surface area contributed by atoms with Gasteiger partial charge >= 0.3 is 0 Å². The van der Waals surface area contributed by atoms with Crippen LogP contribution in [-0.2, 0) is 0 Å². The van der Waals surface area contributed by atoms with E-state index in [1.165, 1.54) is 89.9 Å². The van der Waals surface area contributed by atoms with Gasteiger partial charge in [0.15, 0.2) is 0 Å². The second-order valence-electron chi connectivity index (χ2n) is 7.64. The molecule has 0 amide bonds. The van der Waals surface area contributed by atoms with E-state index in [-0.39, 0.29) is 3.23 Å². The number of hydrogen-bond acceptors (Lipinski definition) is 0. The largest absolute Gasteiger partial charge is 0.0905 e. The van der Waals surface area contributed by atoms with E-state index >= 15 is 0 Å². The van der Waals surface area contributed by atoms with Crippen LogP contribution in [0.3, 0.4) is 0 Å². The third-order valence-electron chi connectivity index (χ3n) is 6.28. The van der Waals surface area contributed by atoms with Crippen LogP contribution in [0.25, 0.3) is 0 Å². The van der Waals surface area contributed by atoms with E-state index in [0.29, 0.717) is 5.41 Å². The van der Waals surface area contributed by atoms with E-state index in [2.05, 4.69) is 37.9 Å². The summed E-state index contributed by atoms with van der Waals surface area (Å²) in [6.07, 6.45) is 22.6. The van der Waals surface area contributed by atoms with Gasteiger partial charge in [-0.25, -0.2) is 0 Å². The second kappa shape index (κ2) is 7.07. The van der Waals surface area contributed by atoms with Gasteiger partial charge in [-0.3, -0.25) is 0 Å². The van der Waals surface area contributed by atoms with Gasteiger partial charge in [-0.05, 0) is 38.0 Å². The topological polar surface area (TPSA) is 0 Å². The molecule has 2 heteroatoms. The Morgan fingerprint density at radius 3 is 2.00 bits per heavy atom. The molecule has 2 atom stereocenters. The van der Waals surface area contributed by atoms with Gasteiger partial charge in [-0.2, -0.15) is 0 Å². The smallest absolute Gasteiger partial charge is 0.0847 e. The average molecular weight is 418 g/mol. The fourth-order valence-electron chi connectivity index (χ4n) is 4.72. The Morgan fingerprint density at radius 1 is 0.810 bits per heavy atom. The minimum absolute atomic E-state index is 0.249. The Bertz CT molecular complexity index is 385. The van der Waals surface area contributed by atoms with Crippen molar-refractivity contribution in [3.8, 4) is 0 Å².